The van der Waals surface area contributed by atoms with E-state index in [4.69, 9.17) is 4.74 Å². The topological polar surface area (TPSA) is 68.3 Å². The third-order valence-electron chi connectivity index (χ3n) is 2.12. The van der Waals surface area contributed by atoms with Crippen LogP contribution in [0.5, 0.6) is 11.5 Å². The van der Waals surface area contributed by atoms with E-state index in [0.717, 1.165) is 10.7 Å². The molecular formula is C12H11BrN2O3S. The number of nitrogens with one attached hydrogen (secondary N) is 1. The molecule has 5 nitrogen and oxygen atoms in total. The molecule has 1 N–H and O–H groups in total. The minimum Gasteiger partial charge on any atom is -0.454 e. The van der Waals surface area contributed by atoms with E-state index in [0.29, 0.717) is 17.2 Å². The molecule has 0 saturated heterocycles. The van der Waals surface area contributed by atoms with Crippen LogP contribution in [0, 0.1) is 0 Å². The number of hydrogen-bond acceptors (Lipinski definition) is 4. The Balaban J connectivity index is 2.27. The standard InChI is InChI=1S/C12H11BrN2O3S/c1-19(16,17)15-11-6-7-14-8-12(11)18-10-4-2-9(13)3-5-10/h2-8H,1H3,(H,14,15). The molecule has 19 heavy (non-hydrogen) atoms. The molecule has 100 valence electrons. The maximum Gasteiger partial charge on any atom is 0.229 e. The Morgan fingerprint density at radius 2 is 1.89 bits per heavy atom. The fraction of sp³-hybridized carbons (Fsp3) is 0.0833. The minimum absolute atomic E-state index is 0.343. The maximum atomic E-state index is 11.3. The van der Waals surface area contributed by atoms with E-state index in [-0.39, 0.29) is 0 Å². The number of hydrogen-bond donors (Lipinski definition) is 1. The summed E-state index contributed by atoms with van der Waals surface area (Å²) in [6.07, 6.45) is 4.02. The van der Waals surface area contributed by atoms with Crippen molar-refractivity contribution in [1.29, 1.82) is 0 Å². The fourth-order valence-electron chi connectivity index (χ4n) is 1.37. The lowest BCUT2D eigenvalue weighted by molar-refractivity contribution is 0.482. The average molecular weight is 343 g/mol. The molecule has 0 spiro atoms. The van der Waals surface area contributed by atoms with Crippen molar-refractivity contribution in [2.45, 2.75) is 0 Å². The lowest BCUT2D eigenvalue weighted by atomic mass is 10.3. The van der Waals surface area contributed by atoms with E-state index in [9.17, 15) is 8.42 Å². The Hall–Kier alpha value is -1.60. The van der Waals surface area contributed by atoms with Crippen LogP contribution in [-0.2, 0) is 10.0 Å². The van der Waals surface area contributed by atoms with E-state index < -0.39 is 10.0 Å². The van der Waals surface area contributed by atoms with Crippen molar-refractivity contribution in [1.82, 2.24) is 4.98 Å². The molecule has 0 atom stereocenters. The lowest BCUT2D eigenvalue weighted by Gasteiger charge is -2.11. The molecule has 1 aromatic heterocycles. The highest BCUT2D eigenvalue weighted by molar-refractivity contribution is 9.10. The molecule has 7 heteroatoms. The van der Waals surface area contributed by atoms with Crippen molar-refractivity contribution in [3.05, 3.63) is 47.2 Å². The Kier molecular flexibility index (Phi) is 4.06. The summed E-state index contributed by atoms with van der Waals surface area (Å²) in [5, 5.41) is 0. The Morgan fingerprint density at radius 3 is 2.53 bits per heavy atom. The first-order valence-electron chi connectivity index (χ1n) is 5.29. The van der Waals surface area contributed by atoms with Crippen LogP contribution in [0.15, 0.2) is 47.2 Å². The second-order valence-corrected chi connectivity index (χ2v) is 6.47. The van der Waals surface area contributed by atoms with E-state index >= 15 is 0 Å². The van der Waals surface area contributed by atoms with Crippen LogP contribution in [0.2, 0.25) is 0 Å². The van der Waals surface area contributed by atoms with Gasteiger partial charge in [0.05, 0.1) is 18.1 Å². The van der Waals surface area contributed by atoms with Gasteiger partial charge in [-0.05, 0) is 30.3 Å². The van der Waals surface area contributed by atoms with Gasteiger partial charge in [0, 0.05) is 10.7 Å². The van der Waals surface area contributed by atoms with Crippen molar-refractivity contribution in [3.63, 3.8) is 0 Å². The normalized spacial score (nSPS) is 11.1. The predicted octanol–water partition coefficient (Wildman–Crippen LogP) is 3.01. The smallest absolute Gasteiger partial charge is 0.229 e. The van der Waals surface area contributed by atoms with Crippen LogP contribution in [-0.4, -0.2) is 19.7 Å². The molecule has 2 rings (SSSR count). The number of ether oxygens (including phenoxy) is 1. The summed E-state index contributed by atoms with van der Waals surface area (Å²) in [7, 11) is -3.36. The molecule has 0 aliphatic heterocycles. The second kappa shape index (κ2) is 5.58. The molecule has 0 fully saturated rings. The van der Waals surface area contributed by atoms with E-state index in [1.165, 1.54) is 18.5 Å². The molecule has 0 unspecified atom stereocenters. The Morgan fingerprint density at radius 1 is 1.21 bits per heavy atom. The zero-order valence-corrected chi connectivity index (χ0v) is 12.4. The summed E-state index contributed by atoms with van der Waals surface area (Å²) in [4.78, 5) is 3.92. The summed E-state index contributed by atoms with van der Waals surface area (Å²) >= 11 is 3.33. The second-order valence-electron chi connectivity index (χ2n) is 3.80. The Labute approximate surface area is 119 Å². The van der Waals surface area contributed by atoms with Crippen LogP contribution >= 0.6 is 15.9 Å². The van der Waals surface area contributed by atoms with Gasteiger partial charge in [-0.2, -0.15) is 0 Å². The van der Waals surface area contributed by atoms with Gasteiger partial charge in [0.1, 0.15) is 5.75 Å². The number of halogens is 1. The maximum absolute atomic E-state index is 11.3. The van der Waals surface area contributed by atoms with Crippen molar-refractivity contribution < 1.29 is 13.2 Å². The number of anilines is 1. The number of nitrogens with zero attached hydrogens (tertiary/aromatic N) is 1. The lowest BCUT2D eigenvalue weighted by Crippen LogP contribution is -2.10. The van der Waals surface area contributed by atoms with Crippen molar-refractivity contribution >= 4 is 31.6 Å². The predicted molar refractivity (Wildman–Crippen MR) is 76.9 cm³/mol. The molecule has 2 aromatic rings. The number of aromatic nitrogens is 1. The van der Waals surface area contributed by atoms with Gasteiger partial charge >= 0.3 is 0 Å². The summed E-state index contributed by atoms with van der Waals surface area (Å²) in [5.74, 6) is 0.933. The van der Waals surface area contributed by atoms with Gasteiger partial charge < -0.3 is 4.74 Å². The first-order valence-corrected chi connectivity index (χ1v) is 7.98. The van der Waals surface area contributed by atoms with Crippen molar-refractivity contribution in [2.75, 3.05) is 11.0 Å². The van der Waals surface area contributed by atoms with Gasteiger partial charge in [-0.25, -0.2) is 8.42 Å². The molecule has 0 aliphatic rings. The monoisotopic (exact) mass is 342 g/mol. The molecule has 0 bridgehead atoms. The van der Waals surface area contributed by atoms with E-state index in [1.807, 2.05) is 12.1 Å². The van der Waals surface area contributed by atoms with Crippen LogP contribution in [0.25, 0.3) is 0 Å². The molecule has 1 heterocycles. The summed E-state index contributed by atoms with van der Waals surface area (Å²) in [6.45, 7) is 0. The fourth-order valence-corrected chi connectivity index (χ4v) is 2.21. The number of pyridine rings is 1. The molecule has 1 aromatic carbocycles. The highest BCUT2D eigenvalue weighted by Gasteiger charge is 2.09. The molecular weight excluding hydrogens is 332 g/mol. The van der Waals surface area contributed by atoms with Crippen LogP contribution < -0.4 is 9.46 Å². The van der Waals surface area contributed by atoms with Crippen molar-refractivity contribution in [2.24, 2.45) is 0 Å². The quantitative estimate of drug-likeness (QED) is 0.927. The summed E-state index contributed by atoms with van der Waals surface area (Å²) in [6, 6.07) is 8.72. The highest BCUT2D eigenvalue weighted by Crippen LogP contribution is 2.29. The average Bonchev–Trinajstić information content (AvgIpc) is 2.33. The van der Waals surface area contributed by atoms with Gasteiger partial charge in [-0.1, -0.05) is 15.9 Å². The van der Waals surface area contributed by atoms with Gasteiger partial charge in [-0.3, -0.25) is 9.71 Å². The van der Waals surface area contributed by atoms with Gasteiger partial charge in [0.25, 0.3) is 0 Å². The minimum atomic E-state index is -3.36. The van der Waals surface area contributed by atoms with E-state index in [2.05, 4.69) is 25.6 Å². The first kappa shape index (κ1) is 13.8. The van der Waals surface area contributed by atoms with E-state index in [1.54, 1.807) is 12.1 Å². The summed E-state index contributed by atoms with van der Waals surface area (Å²) < 4.78 is 31.4. The molecule has 0 radical (unpaired) electrons. The number of sulfonamides is 1. The number of benzene rings is 1. The first-order chi connectivity index (χ1) is 8.94. The summed E-state index contributed by atoms with van der Waals surface area (Å²) in [5.41, 5.74) is 0.348. The van der Waals surface area contributed by atoms with Crippen molar-refractivity contribution in [3.8, 4) is 11.5 Å². The SMILES string of the molecule is CS(=O)(=O)Nc1ccncc1Oc1ccc(Br)cc1. The molecule has 0 saturated carbocycles. The Bertz CT molecular complexity index is 672. The van der Waals surface area contributed by atoms with Crippen LogP contribution in [0.1, 0.15) is 0 Å². The highest BCUT2D eigenvalue weighted by atomic mass is 79.9. The third-order valence-corrected chi connectivity index (χ3v) is 3.24. The zero-order chi connectivity index (χ0) is 13.9. The number of rotatable bonds is 4. The van der Waals surface area contributed by atoms with Gasteiger partial charge in [-0.15, -0.1) is 0 Å². The van der Waals surface area contributed by atoms with Gasteiger partial charge in [0.15, 0.2) is 5.75 Å². The zero-order valence-electron chi connectivity index (χ0n) is 10.00. The van der Waals surface area contributed by atoms with Crippen LogP contribution in [0.4, 0.5) is 5.69 Å². The van der Waals surface area contributed by atoms with Crippen LogP contribution in [0.3, 0.4) is 0 Å². The molecule has 0 amide bonds. The third kappa shape index (κ3) is 4.22. The molecule has 0 aliphatic carbocycles. The van der Waals surface area contributed by atoms with Gasteiger partial charge in [0.2, 0.25) is 10.0 Å². The largest absolute Gasteiger partial charge is 0.454 e.